The molecule has 1 aliphatic heterocycles. The third-order valence-electron chi connectivity index (χ3n) is 3.79. The second-order valence-corrected chi connectivity index (χ2v) is 5.43. The summed E-state index contributed by atoms with van der Waals surface area (Å²) in [7, 11) is 0. The van der Waals surface area contributed by atoms with Gasteiger partial charge in [0.2, 0.25) is 0 Å². The number of nitrogens with zero attached hydrogens (tertiary/aromatic N) is 2. The van der Waals surface area contributed by atoms with Crippen molar-refractivity contribution in [1.29, 1.82) is 5.26 Å². The maximum absolute atomic E-state index is 12.4. The van der Waals surface area contributed by atoms with Crippen LogP contribution in [0.3, 0.4) is 0 Å². The maximum atomic E-state index is 12.4. The minimum absolute atomic E-state index is 0.0237. The number of para-hydroxylation sites is 1. The monoisotopic (exact) mass is 327 g/mol. The number of esters is 1. The number of likely N-dealkylation sites (tertiary alicyclic amines) is 1. The summed E-state index contributed by atoms with van der Waals surface area (Å²) in [6, 6.07) is 8.75. The van der Waals surface area contributed by atoms with Crippen molar-refractivity contribution in [2.75, 3.05) is 25.0 Å². The van der Waals surface area contributed by atoms with Gasteiger partial charge >= 0.3 is 5.97 Å². The third-order valence-corrected chi connectivity index (χ3v) is 3.79. The molecule has 1 N–H and O–H groups in total. The topological polar surface area (TPSA) is 82.4 Å². The van der Waals surface area contributed by atoms with Gasteiger partial charge in [-0.1, -0.05) is 12.1 Å². The van der Waals surface area contributed by atoms with Crippen molar-refractivity contribution >= 4 is 17.6 Å². The van der Waals surface area contributed by atoms with Gasteiger partial charge in [0.25, 0.3) is 5.91 Å². The van der Waals surface area contributed by atoms with Crippen LogP contribution < -0.4 is 5.32 Å². The summed E-state index contributed by atoms with van der Waals surface area (Å²) in [6.07, 6.45) is 4.39. The van der Waals surface area contributed by atoms with Gasteiger partial charge in [-0.15, -0.1) is 0 Å². The molecular formula is C18H21N3O3. The van der Waals surface area contributed by atoms with Gasteiger partial charge in [-0.2, -0.15) is 5.26 Å². The van der Waals surface area contributed by atoms with Crippen LogP contribution in [0.2, 0.25) is 0 Å². The zero-order valence-electron chi connectivity index (χ0n) is 13.7. The molecule has 6 nitrogen and oxygen atoms in total. The average molecular weight is 327 g/mol. The zero-order chi connectivity index (χ0) is 17.4. The SMILES string of the molecule is CCOC(=O)c1ccccc1N/C=C(/C#N)C(=O)N1CCCCC1. The summed E-state index contributed by atoms with van der Waals surface area (Å²) in [5.41, 5.74) is 0.879. The van der Waals surface area contributed by atoms with Gasteiger partial charge in [-0.05, 0) is 38.3 Å². The van der Waals surface area contributed by atoms with E-state index in [1.54, 1.807) is 36.1 Å². The number of anilines is 1. The van der Waals surface area contributed by atoms with E-state index >= 15 is 0 Å². The number of nitrogens with one attached hydrogen (secondary N) is 1. The van der Waals surface area contributed by atoms with E-state index in [1.807, 2.05) is 6.07 Å². The fraction of sp³-hybridized carbons (Fsp3) is 0.389. The molecule has 2 rings (SSSR count). The lowest BCUT2D eigenvalue weighted by atomic mass is 10.1. The number of carbonyl (C=O) groups is 2. The number of ether oxygens (including phenoxy) is 1. The minimum atomic E-state index is -0.449. The Bertz CT molecular complexity index is 670. The van der Waals surface area contributed by atoms with Crippen LogP contribution in [0.15, 0.2) is 36.0 Å². The van der Waals surface area contributed by atoms with Crippen LogP contribution in [-0.4, -0.2) is 36.5 Å². The van der Waals surface area contributed by atoms with Crippen LogP contribution in [0, 0.1) is 11.3 Å². The molecule has 0 atom stereocenters. The van der Waals surface area contributed by atoms with Crippen LogP contribution in [0.4, 0.5) is 5.69 Å². The van der Waals surface area contributed by atoms with E-state index in [0.717, 1.165) is 19.3 Å². The Kier molecular flexibility index (Phi) is 6.38. The van der Waals surface area contributed by atoms with Gasteiger partial charge in [0, 0.05) is 19.3 Å². The van der Waals surface area contributed by atoms with Gasteiger partial charge in [-0.25, -0.2) is 4.79 Å². The lowest BCUT2D eigenvalue weighted by Gasteiger charge is -2.26. The van der Waals surface area contributed by atoms with E-state index in [4.69, 9.17) is 4.74 Å². The van der Waals surface area contributed by atoms with E-state index in [9.17, 15) is 14.9 Å². The molecule has 0 aliphatic carbocycles. The predicted octanol–water partition coefficient (Wildman–Crippen LogP) is 2.70. The van der Waals surface area contributed by atoms with Crippen molar-refractivity contribution in [2.45, 2.75) is 26.2 Å². The normalized spacial score (nSPS) is 14.7. The fourth-order valence-electron chi connectivity index (χ4n) is 2.55. The molecule has 1 aromatic carbocycles. The van der Waals surface area contributed by atoms with Crippen LogP contribution in [0.25, 0.3) is 0 Å². The first kappa shape index (κ1) is 17.5. The lowest BCUT2D eigenvalue weighted by Crippen LogP contribution is -2.36. The molecule has 0 spiro atoms. The Labute approximate surface area is 141 Å². The maximum Gasteiger partial charge on any atom is 0.340 e. The van der Waals surface area contributed by atoms with Gasteiger partial charge in [0.1, 0.15) is 11.6 Å². The molecule has 6 heteroatoms. The van der Waals surface area contributed by atoms with Crippen molar-refractivity contribution in [2.24, 2.45) is 0 Å². The summed E-state index contributed by atoms with van der Waals surface area (Å²) < 4.78 is 5.00. The van der Waals surface area contributed by atoms with E-state index in [2.05, 4.69) is 5.32 Å². The van der Waals surface area contributed by atoms with Crippen LogP contribution in [0.1, 0.15) is 36.5 Å². The van der Waals surface area contributed by atoms with Crippen molar-refractivity contribution in [3.05, 3.63) is 41.6 Å². The summed E-state index contributed by atoms with van der Waals surface area (Å²) in [6.45, 7) is 3.37. The molecule has 24 heavy (non-hydrogen) atoms. The number of carbonyl (C=O) groups excluding carboxylic acids is 2. The predicted molar refractivity (Wildman–Crippen MR) is 90.1 cm³/mol. The molecule has 1 saturated heterocycles. The summed E-state index contributed by atoms with van der Waals surface area (Å²) >= 11 is 0. The van der Waals surface area contributed by atoms with Crippen molar-refractivity contribution < 1.29 is 14.3 Å². The lowest BCUT2D eigenvalue weighted by molar-refractivity contribution is -0.127. The number of benzene rings is 1. The Balaban J connectivity index is 2.14. The van der Waals surface area contributed by atoms with E-state index in [1.165, 1.54) is 6.20 Å². The number of hydrogen-bond acceptors (Lipinski definition) is 5. The minimum Gasteiger partial charge on any atom is -0.462 e. The van der Waals surface area contributed by atoms with Crippen LogP contribution >= 0.6 is 0 Å². The summed E-state index contributed by atoms with van der Waals surface area (Å²) in [5.74, 6) is -0.729. The molecule has 0 radical (unpaired) electrons. The van der Waals surface area contributed by atoms with Crippen molar-refractivity contribution in [3.8, 4) is 6.07 Å². The fourth-order valence-corrected chi connectivity index (χ4v) is 2.55. The highest BCUT2D eigenvalue weighted by Crippen LogP contribution is 2.17. The molecule has 126 valence electrons. The largest absolute Gasteiger partial charge is 0.462 e. The summed E-state index contributed by atoms with van der Waals surface area (Å²) in [4.78, 5) is 26.0. The Morgan fingerprint density at radius 1 is 1.29 bits per heavy atom. The third kappa shape index (κ3) is 4.35. The Morgan fingerprint density at radius 2 is 2.00 bits per heavy atom. The standard InChI is InChI=1S/C18H21N3O3/c1-2-24-18(23)15-8-4-5-9-16(15)20-13-14(12-19)17(22)21-10-6-3-7-11-21/h4-5,8-9,13,20H,2-3,6-7,10-11H2,1H3/b14-13-. The number of piperidine rings is 1. The number of rotatable bonds is 5. The van der Waals surface area contributed by atoms with Gasteiger partial charge in [0.05, 0.1) is 17.9 Å². The average Bonchev–Trinajstić information content (AvgIpc) is 2.63. The molecular weight excluding hydrogens is 306 g/mol. The number of amides is 1. The molecule has 0 unspecified atom stereocenters. The van der Waals surface area contributed by atoms with E-state index in [0.29, 0.717) is 24.3 Å². The first-order chi connectivity index (χ1) is 11.7. The Hall–Kier alpha value is -2.81. The highest BCUT2D eigenvalue weighted by Gasteiger charge is 2.20. The smallest absolute Gasteiger partial charge is 0.340 e. The molecule has 1 aromatic rings. The van der Waals surface area contributed by atoms with E-state index < -0.39 is 5.97 Å². The molecule has 1 aliphatic rings. The highest BCUT2D eigenvalue weighted by molar-refractivity contribution is 5.99. The molecule has 1 amide bonds. The summed E-state index contributed by atoms with van der Waals surface area (Å²) in [5, 5.41) is 12.2. The molecule has 1 fully saturated rings. The van der Waals surface area contributed by atoms with Gasteiger partial charge in [0.15, 0.2) is 0 Å². The molecule has 0 saturated carbocycles. The quantitative estimate of drug-likeness (QED) is 0.511. The first-order valence-corrected chi connectivity index (χ1v) is 8.09. The van der Waals surface area contributed by atoms with Crippen molar-refractivity contribution in [1.82, 2.24) is 4.90 Å². The van der Waals surface area contributed by atoms with Crippen molar-refractivity contribution in [3.63, 3.8) is 0 Å². The molecule has 1 heterocycles. The number of nitriles is 1. The molecule has 0 bridgehead atoms. The van der Waals surface area contributed by atoms with Gasteiger partial charge < -0.3 is 15.0 Å². The second kappa shape index (κ2) is 8.73. The van der Waals surface area contributed by atoms with Crippen LogP contribution in [0.5, 0.6) is 0 Å². The van der Waals surface area contributed by atoms with Crippen LogP contribution in [-0.2, 0) is 9.53 Å². The molecule has 0 aromatic heterocycles. The number of hydrogen-bond donors (Lipinski definition) is 1. The Morgan fingerprint density at radius 3 is 2.67 bits per heavy atom. The van der Waals surface area contributed by atoms with Gasteiger partial charge in [-0.3, -0.25) is 4.79 Å². The second-order valence-electron chi connectivity index (χ2n) is 5.43. The van der Waals surface area contributed by atoms with E-state index in [-0.39, 0.29) is 18.1 Å². The zero-order valence-corrected chi connectivity index (χ0v) is 13.7. The highest BCUT2D eigenvalue weighted by atomic mass is 16.5. The first-order valence-electron chi connectivity index (χ1n) is 8.09.